The molecular formula is C10H6N4. The van der Waals surface area contributed by atoms with Crippen LogP contribution in [0.2, 0.25) is 0 Å². The molecule has 0 radical (unpaired) electrons. The van der Waals surface area contributed by atoms with Gasteiger partial charge in [-0.05, 0) is 24.3 Å². The van der Waals surface area contributed by atoms with Crippen molar-refractivity contribution in [1.29, 1.82) is 0 Å². The topological polar surface area (TPSA) is 51.6 Å². The molecule has 0 amide bonds. The van der Waals surface area contributed by atoms with Gasteiger partial charge in [0.15, 0.2) is 0 Å². The Labute approximate surface area is 79.6 Å². The largest absolute Gasteiger partial charge is 0.254 e. The zero-order chi connectivity index (χ0) is 9.38. The Kier molecular flexibility index (Phi) is 1.41. The fourth-order valence-electron chi connectivity index (χ4n) is 1.41. The smallest absolute Gasteiger partial charge is 0.114 e. The third-order valence-corrected chi connectivity index (χ3v) is 2.06. The highest BCUT2D eigenvalue weighted by molar-refractivity contribution is 5.88. The van der Waals surface area contributed by atoms with Crippen molar-refractivity contribution in [3.63, 3.8) is 0 Å². The summed E-state index contributed by atoms with van der Waals surface area (Å²) in [6.07, 6.45) is 3.38. The van der Waals surface area contributed by atoms with Crippen LogP contribution in [0.25, 0.3) is 22.1 Å². The molecule has 3 aromatic rings. The maximum atomic E-state index is 4.41. The number of pyridine rings is 1. The number of fused-ring (bicyclic) bond motifs is 2. The predicted octanol–water partition coefficient (Wildman–Crippen LogP) is 1.57. The van der Waals surface area contributed by atoms with Gasteiger partial charge in [-0.15, -0.1) is 5.10 Å². The maximum Gasteiger partial charge on any atom is 0.114 e. The predicted molar refractivity (Wildman–Crippen MR) is 52.6 cm³/mol. The fraction of sp³-hybridized carbons (Fsp3) is 0. The lowest BCUT2D eigenvalue weighted by molar-refractivity contribution is 1.09. The number of hydrogen-bond acceptors (Lipinski definition) is 4. The summed E-state index contributed by atoms with van der Waals surface area (Å²) in [5, 5.41) is 7.87. The third-order valence-electron chi connectivity index (χ3n) is 2.06. The van der Waals surface area contributed by atoms with Crippen molar-refractivity contribution in [1.82, 2.24) is 20.2 Å². The van der Waals surface area contributed by atoms with Gasteiger partial charge >= 0.3 is 0 Å². The standard InChI is InChI=1S/C10H6N4/c1-2-7-10(14-12-4-1)6-9-8(13-7)3-5-11-9/h1-6H. The van der Waals surface area contributed by atoms with Crippen LogP contribution < -0.4 is 0 Å². The molecule has 3 rings (SSSR count). The van der Waals surface area contributed by atoms with Gasteiger partial charge in [0.05, 0.1) is 16.6 Å². The highest BCUT2D eigenvalue weighted by atomic mass is 15.1. The van der Waals surface area contributed by atoms with Gasteiger partial charge in [0, 0.05) is 12.4 Å². The van der Waals surface area contributed by atoms with Gasteiger partial charge in [-0.3, -0.25) is 4.98 Å². The van der Waals surface area contributed by atoms with Crippen LogP contribution in [0.3, 0.4) is 0 Å². The van der Waals surface area contributed by atoms with Gasteiger partial charge in [0.2, 0.25) is 0 Å². The van der Waals surface area contributed by atoms with Crippen LogP contribution in [0.4, 0.5) is 0 Å². The quantitative estimate of drug-likeness (QED) is 0.529. The van der Waals surface area contributed by atoms with Crippen LogP contribution in [-0.4, -0.2) is 20.2 Å². The number of hydrogen-bond donors (Lipinski definition) is 0. The molecule has 0 saturated carbocycles. The minimum absolute atomic E-state index is 0.765. The van der Waals surface area contributed by atoms with Crippen LogP contribution >= 0.6 is 0 Å². The molecule has 0 saturated heterocycles. The Morgan fingerprint density at radius 2 is 1.79 bits per heavy atom. The normalized spacial score (nSPS) is 10.9. The summed E-state index contributed by atoms with van der Waals surface area (Å²) in [7, 11) is 0. The van der Waals surface area contributed by atoms with E-state index in [0.29, 0.717) is 0 Å². The summed E-state index contributed by atoms with van der Waals surface area (Å²) >= 11 is 0. The third kappa shape index (κ3) is 1.01. The van der Waals surface area contributed by atoms with E-state index in [-0.39, 0.29) is 0 Å². The van der Waals surface area contributed by atoms with Crippen molar-refractivity contribution >= 4 is 22.1 Å². The molecule has 0 aliphatic carbocycles. The van der Waals surface area contributed by atoms with Crippen molar-refractivity contribution < 1.29 is 0 Å². The molecule has 3 heterocycles. The Morgan fingerprint density at radius 1 is 0.857 bits per heavy atom. The van der Waals surface area contributed by atoms with Crippen LogP contribution in [0.5, 0.6) is 0 Å². The number of rotatable bonds is 0. The molecule has 0 aliphatic rings. The Morgan fingerprint density at radius 3 is 2.79 bits per heavy atom. The van der Waals surface area contributed by atoms with E-state index in [9.17, 15) is 0 Å². The minimum atomic E-state index is 0.765. The second kappa shape index (κ2) is 2.70. The molecule has 4 nitrogen and oxygen atoms in total. The van der Waals surface area contributed by atoms with E-state index in [1.807, 2.05) is 24.3 Å². The lowest BCUT2D eigenvalue weighted by Gasteiger charge is -1.90. The molecular weight excluding hydrogens is 176 g/mol. The highest BCUT2D eigenvalue weighted by Gasteiger charge is 2.00. The molecule has 4 heteroatoms. The molecule has 0 unspecified atom stereocenters. The van der Waals surface area contributed by atoms with E-state index in [4.69, 9.17) is 0 Å². The van der Waals surface area contributed by atoms with Crippen molar-refractivity contribution in [2.45, 2.75) is 0 Å². The van der Waals surface area contributed by atoms with Crippen molar-refractivity contribution in [3.05, 3.63) is 36.7 Å². The second-order valence-corrected chi connectivity index (χ2v) is 2.97. The van der Waals surface area contributed by atoms with Gasteiger partial charge in [-0.2, -0.15) is 5.10 Å². The van der Waals surface area contributed by atoms with E-state index >= 15 is 0 Å². The van der Waals surface area contributed by atoms with E-state index < -0.39 is 0 Å². The highest BCUT2D eigenvalue weighted by Crippen LogP contribution is 2.14. The van der Waals surface area contributed by atoms with Gasteiger partial charge in [-0.25, -0.2) is 4.98 Å². The lowest BCUT2D eigenvalue weighted by Crippen LogP contribution is -1.80. The minimum Gasteiger partial charge on any atom is -0.254 e. The lowest BCUT2D eigenvalue weighted by atomic mass is 10.3. The van der Waals surface area contributed by atoms with Crippen molar-refractivity contribution in [2.24, 2.45) is 0 Å². The molecule has 0 spiro atoms. The molecule has 66 valence electrons. The summed E-state index contributed by atoms with van der Waals surface area (Å²) in [5.41, 5.74) is 3.35. The Bertz CT molecular complexity index is 556. The van der Waals surface area contributed by atoms with Crippen LogP contribution in [0, 0.1) is 0 Å². The van der Waals surface area contributed by atoms with E-state index in [1.54, 1.807) is 12.4 Å². The van der Waals surface area contributed by atoms with Crippen molar-refractivity contribution in [2.75, 3.05) is 0 Å². The monoisotopic (exact) mass is 182 g/mol. The molecule has 14 heavy (non-hydrogen) atoms. The first-order valence-electron chi connectivity index (χ1n) is 4.27. The molecule has 0 aromatic carbocycles. The molecule has 0 bridgehead atoms. The van der Waals surface area contributed by atoms with Gasteiger partial charge in [-0.1, -0.05) is 0 Å². The molecule has 0 N–H and O–H groups in total. The van der Waals surface area contributed by atoms with Gasteiger partial charge in [0.1, 0.15) is 5.52 Å². The summed E-state index contributed by atoms with van der Waals surface area (Å²) in [5.74, 6) is 0. The SMILES string of the molecule is c1cnnc2cc3nccc3nc2c1. The molecule has 3 aromatic heterocycles. The maximum absolute atomic E-state index is 4.41. The zero-order valence-corrected chi connectivity index (χ0v) is 7.25. The zero-order valence-electron chi connectivity index (χ0n) is 7.25. The van der Waals surface area contributed by atoms with Gasteiger partial charge in [0.25, 0.3) is 0 Å². The molecule has 0 atom stereocenters. The fourth-order valence-corrected chi connectivity index (χ4v) is 1.41. The second-order valence-electron chi connectivity index (χ2n) is 2.97. The van der Waals surface area contributed by atoms with Crippen LogP contribution in [0.15, 0.2) is 36.7 Å². The summed E-state index contributed by atoms with van der Waals surface area (Å²) in [6.45, 7) is 0. The molecule has 0 fully saturated rings. The Hall–Kier alpha value is -2.10. The summed E-state index contributed by atoms with van der Waals surface area (Å²) in [4.78, 5) is 8.57. The van der Waals surface area contributed by atoms with Gasteiger partial charge < -0.3 is 0 Å². The first kappa shape index (κ1) is 7.32. The Balaban J connectivity index is 2.55. The van der Waals surface area contributed by atoms with Crippen LogP contribution in [-0.2, 0) is 0 Å². The van der Waals surface area contributed by atoms with Crippen LogP contribution in [0.1, 0.15) is 0 Å². The number of aromatic nitrogens is 4. The van der Waals surface area contributed by atoms with Crippen molar-refractivity contribution in [3.8, 4) is 0 Å². The average Bonchev–Trinajstić information content (AvgIpc) is 2.51. The first-order chi connectivity index (χ1) is 6.93. The first-order valence-corrected chi connectivity index (χ1v) is 4.27. The molecule has 0 aliphatic heterocycles. The average molecular weight is 182 g/mol. The van der Waals surface area contributed by atoms with E-state index in [1.165, 1.54) is 0 Å². The summed E-state index contributed by atoms with van der Waals surface area (Å²) < 4.78 is 0. The summed E-state index contributed by atoms with van der Waals surface area (Å²) in [6, 6.07) is 7.49. The van der Waals surface area contributed by atoms with E-state index in [2.05, 4.69) is 20.2 Å². The van der Waals surface area contributed by atoms with E-state index in [0.717, 1.165) is 22.1 Å². The number of nitrogens with zero attached hydrogens (tertiary/aromatic N) is 4.